The Morgan fingerprint density at radius 2 is 2.04 bits per heavy atom. The van der Waals surface area contributed by atoms with Crippen LogP contribution in [0.3, 0.4) is 0 Å². The van der Waals surface area contributed by atoms with Crippen molar-refractivity contribution in [2.75, 3.05) is 19.4 Å². The lowest BCUT2D eigenvalue weighted by Gasteiger charge is -2.14. The SMILES string of the molecule is CCCNC(=O)[C@H](C)NC(=O)COC(=O)c1cc(SC)ccc1Cl. The number of hydrogen-bond donors (Lipinski definition) is 2. The quantitative estimate of drug-likeness (QED) is 0.540. The predicted octanol–water partition coefficient (Wildman–Crippen LogP) is 2.25. The second kappa shape index (κ2) is 10.2. The lowest BCUT2D eigenvalue weighted by molar-refractivity contribution is -0.130. The first kappa shape index (κ1) is 20.3. The zero-order valence-electron chi connectivity index (χ0n) is 13.8. The first-order valence-corrected chi connectivity index (χ1v) is 9.07. The van der Waals surface area contributed by atoms with Gasteiger partial charge in [0.05, 0.1) is 10.6 Å². The molecule has 1 rings (SSSR count). The Labute approximate surface area is 150 Å². The number of esters is 1. The molecule has 0 saturated heterocycles. The predicted molar refractivity (Wildman–Crippen MR) is 94.4 cm³/mol. The summed E-state index contributed by atoms with van der Waals surface area (Å²) >= 11 is 7.44. The van der Waals surface area contributed by atoms with E-state index in [1.807, 2.05) is 13.2 Å². The molecule has 0 heterocycles. The first-order valence-electron chi connectivity index (χ1n) is 7.46. The van der Waals surface area contributed by atoms with E-state index in [0.717, 1.165) is 11.3 Å². The Hall–Kier alpha value is -1.73. The van der Waals surface area contributed by atoms with Gasteiger partial charge in [-0.3, -0.25) is 9.59 Å². The highest BCUT2D eigenvalue weighted by Gasteiger charge is 2.18. The Morgan fingerprint density at radius 3 is 2.67 bits per heavy atom. The summed E-state index contributed by atoms with van der Waals surface area (Å²) in [6.07, 6.45) is 2.68. The summed E-state index contributed by atoms with van der Waals surface area (Å²) in [5, 5.41) is 5.39. The van der Waals surface area contributed by atoms with Crippen molar-refractivity contribution in [1.82, 2.24) is 10.6 Å². The minimum absolute atomic E-state index is 0.199. The molecule has 0 bridgehead atoms. The number of amides is 2. The van der Waals surface area contributed by atoms with E-state index in [9.17, 15) is 14.4 Å². The summed E-state index contributed by atoms with van der Waals surface area (Å²) in [6, 6.07) is 4.29. The molecule has 6 nitrogen and oxygen atoms in total. The second-order valence-corrected chi connectivity index (χ2v) is 6.29. The maximum absolute atomic E-state index is 12.0. The van der Waals surface area contributed by atoms with Crippen molar-refractivity contribution >= 4 is 41.1 Å². The maximum Gasteiger partial charge on any atom is 0.340 e. The van der Waals surface area contributed by atoms with E-state index >= 15 is 0 Å². The van der Waals surface area contributed by atoms with Crippen molar-refractivity contribution in [2.24, 2.45) is 0 Å². The van der Waals surface area contributed by atoms with Gasteiger partial charge in [-0.15, -0.1) is 11.8 Å². The van der Waals surface area contributed by atoms with Gasteiger partial charge in [-0.25, -0.2) is 4.79 Å². The van der Waals surface area contributed by atoms with Crippen LogP contribution in [0.25, 0.3) is 0 Å². The van der Waals surface area contributed by atoms with Gasteiger partial charge in [-0.05, 0) is 37.8 Å². The van der Waals surface area contributed by atoms with Crippen LogP contribution in [0, 0.1) is 0 Å². The van der Waals surface area contributed by atoms with Crippen LogP contribution in [0.1, 0.15) is 30.6 Å². The zero-order valence-corrected chi connectivity index (χ0v) is 15.4. The average Bonchev–Trinajstić information content (AvgIpc) is 2.57. The summed E-state index contributed by atoms with van der Waals surface area (Å²) < 4.78 is 4.96. The van der Waals surface area contributed by atoms with Crippen LogP contribution in [0.15, 0.2) is 23.1 Å². The van der Waals surface area contributed by atoms with Crippen LogP contribution in [0.2, 0.25) is 5.02 Å². The van der Waals surface area contributed by atoms with Gasteiger partial charge >= 0.3 is 5.97 Å². The number of ether oxygens (including phenoxy) is 1. The highest BCUT2D eigenvalue weighted by atomic mass is 35.5. The number of carbonyl (C=O) groups excluding carboxylic acids is 3. The molecule has 0 aliphatic rings. The molecular weight excluding hydrogens is 352 g/mol. The molecule has 0 radical (unpaired) electrons. The molecule has 1 aromatic carbocycles. The number of halogens is 1. The highest BCUT2D eigenvalue weighted by Crippen LogP contribution is 2.23. The minimum Gasteiger partial charge on any atom is -0.452 e. The van der Waals surface area contributed by atoms with E-state index in [0.29, 0.717) is 6.54 Å². The van der Waals surface area contributed by atoms with Crippen molar-refractivity contribution in [3.8, 4) is 0 Å². The Bertz CT molecular complexity index is 610. The third kappa shape index (κ3) is 6.41. The largest absolute Gasteiger partial charge is 0.452 e. The summed E-state index contributed by atoms with van der Waals surface area (Å²) in [7, 11) is 0. The van der Waals surface area contributed by atoms with Gasteiger partial charge in [0.2, 0.25) is 5.91 Å². The normalized spacial score (nSPS) is 11.5. The molecule has 0 unspecified atom stereocenters. The van der Waals surface area contributed by atoms with Gasteiger partial charge in [-0.1, -0.05) is 18.5 Å². The van der Waals surface area contributed by atoms with Crippen LogP contribution in [0.5, 0.6) is 0 Å². The molecule has 0 aromatic heterocycles. The fourth-order valence-electron chi connectivity index (χ4n) is 1.75. The monoisotopic (exact) mass is 372 g/mol. The minimum atomic E-state index is -0.703. The summed E-state index contributed by atoms with van der Waals surface area (Å²) in [5.74, 6) is -1.53. The van der Waals surface area contributed by atoms with E-state index in [-0.39, 0.29) is 16.5 Å². The average molecular weight is 373 g/mol. The standard InChI is InChI=1S/C16H21ClN2O4S/c1-4-7-18-15(21)10(2)19-14(20)9-23-16(22)12-8-11(24-3)5-6-13(12)17/h5-6,8,10H,4,7,9H2,1-3H3,(H,18,21)(H,19,20)/t10-/m0/s1. The fourth-order valence-corrected chi connectivity index (χ4v) is 2.38. The molecule has 0 spiro atoms. The molecule has 1 atom stereocenters. The molecule has 132 valence electrons. The third-order valence-corrected chi connectivity index (χ3v) is 4.10. The van der Waals surface area contributed by atoms with E-state index < -0.39 is 24.5 Å². The van der Waals surface area contributed by atoms with Gasteiger partial charge in [0, 0.05) is 11.4 Å². The van der Waals surface area contributed by atoms with E-state index in [4.69, 9.17) is 16.3 Å². The molecule has 0 fully saturated rings. The summed E-state index contributed by atoms with van der Waals surface area (Å²) in [5.41, 5.74) is 0.199. The number of nitrogens with one attached hydrogen (secondary N) is 2. The van der Waals surface area contributed by atoms with E-state index in [2.05, 4.69) is 10.6 Å². The molecule has 8 heteroatoms. The van der Waals surface area contributed by atoms with Gasteiger partial charge in [-0.2, -0.15) is 0 Å². The van der Waals surface area contributed by atoms with Gasteiger partial charge < -0.3 is 15.4 Å². The smallest absolute Gasteiger partial charge is 0.340 e. The number of carbonyl (C=O) groups is 3. The lowest BCUT2D eigenvalue weighted by Crippen LogP contribution is -2.46. The zero-order chi connectivity index (χ0) is 18.1. The van der Waals surface area contributed by atoms with Gasteiger partial charge in [0.1, 0.15) is 6.04 Å². The van der Waals surface area contributed by atoms with Gasteiger partial charge in [0.25, 0.3) is 5.91 Å². The Morgan fingerprint density at radius 1 is 1.33 bits per heavy atom. The van der Waals surface area contributed by atoms with Crippen molar-refractivity contribution in [3.63, 3.8) is 0 Å². The number of thioether (sulfide) groups is 1. The summed E-state index contributed by atoms with van der Waals surface area (Å²) in [4.78, 5) is 36.3. The van der Waals surface area contributed by atoms with Crippen molar-refractivity contribution < 1.29 is 19.1 Å². The van der Waals surface area contributed by atoms with E-state index in [1.54, 1.807) is 25.1 Å². The molecule has 2 N–H and O–H groups in total. The van der Waals surface area contributed by atoms with Crippen molar-refractivity contribution in [1.29, 1.82) is 0 Å². The van der Waals surface area contributed by atoms with Crippen molar-refractivity contribution in [3.05, 3.63) is 28.8 Å². The molecule has 0 aliphatic heterocycles. The number of rotatable bonds is 8. The molecular formula is C16H21ClN2O4S. The molecule has 0 aliphatic carbocycles. The lowest BCUT2D eigenvalue weighted by atomic mass is 10.2. The molecule has 2 amide bonds. The fraction of sp³-hybridized carbons (Fsp3) is 0.438. The van der Waals surface area contributed by atoms with Crippen LogP contribution in [0.4, 0.5) is 0 Å². The van der Waals surface area contributed by atoms with Gasteiger partial charge in [0.15, 0.2) is 6.61 Å². The summed E-state index contributed by atoms with van der Waals surface area (Å²) in [6.45, 7) is 3.55. The Kier molecular flexibility index (Phi) is 8.63. The Balaban J connectivity index is 2.52. The molecule has 1 aromatic rings. The first-order chi connectivity index (χ1) is 11.4. The molecule has 0 saturated carbocycles. The molecule has 24 heavy (non-hydrogen) atoms. The van der Waals surface area contributed by atoms with E-state index in [1.165, 1.54) is 11.8 Å². The van der Waals surface area contributed by atoms with Crippen molar-refractivity contribution in [2.45, 2.75) is 31.2 Å². The van der Waals surface area contributed by atoms with Crippen LogP contribution >= 0.6 is 23.4 Å². The van der Waals surface area contributed by atoms with Crippen LogP contribution < -0.4 is 10.6 Å². The third-order valence-electron chi connectivity index (χ3n) is 3.05. The number of hydrogen-bond acceptors (Lipinski definition) is 5. The van der Waals surface area contributed by atoms with Crippen LogP contribution in [-0.2, 0) is 14.3 Å². The topological polar surface area (TPSA) is 84.5 Å². The second-order valence-electron chi connectivity index (χ2n) is 5.00. The highest BCUT2D eigenvalue weighted by molar-refractivity contribution is 7.98. The number of benzene rings is 1. The van der Waals surface area contributed by atoms with Crippen LogP contribution in [-0.4, -0.2) is 43.2 Å². The maximum atomic E-state index is 12.0.